The Labute approximate surface area is 145 Å². The molecule has 0 aromatic carbocycles. The van der Waals surface area contributed by atoms with Crippen molar-refractivity contribution < 1.29 is 23.8 Å². The Balaban J connectivity index is 2.07. The molecule has 1 aromatic heterocycles. The second kappa shape index (κ2) is 8.39. The number of halogens is 1. The molecule has 1 unspecified atom stereocenters. The van der Waals surface area contributed by atoms with Crippen LogP contribution in [0.4, 0.5) is 15.0 Å². The molecule has 140 valence electrons. The van der Waals surface area contributed by atoms with Crippen LogP contribution in [0.5, 0.6) is 0 Å². The summed E-state index contributed by atoms with van der Waals surface area (Å²) in [4.78, 5) is 27.2. The number of carbonyl (C=O) groups is 1. The number of nitrogens with one attached hydrogen (secondary N) is 1. The summed E-state index contributed by atoms with van der Waals surface area (Å²) in [5.74, 6) is -1.65. The number of carbonyl (C=O) groups excluding carboxylic acids is 1. The van der Waals surface area contributed by atoms with Crippen molar-refractivity contribution in [1.82, 2.24) is 9.55 Å². The fourth-order valence-corrected chi connectivity index (χ4v) is 2.56. The zero-order valence-electron chi connectivity index (χ0n) is 14.6. The summed E-state index contributed by atoms with van der Waals surface area (Å²) in [5, 5.41) is 12.2. The van der Waals surface area contributed by atoms with Crippen molar-refractivity contribution in [3.8, 4) is 0 Å². The third-order valence-electron chi connectivity index (χ3n) is 4.31. The number of aromatic nitrogens is 2. The monoisotopic (exact) mass is 357 g/mol. The first-order valence-corrected chi connectivity index (χ1v) is 8.41. The molecule has 1 amide bonds. The molecule has 0 aliphatic carbocycles. The summed E-state index contributed by atoms with van der Waals surface area (Å²) in [6, 6.07) is 0. The molecule has 1 saturated heterocycles. The highest BCUT2D eigenvalue weighted by molar-refractivity contribution is 5.83. The van der Waals surface area contributed by atoms with Gasteiger partial charge in [0.25, 0.3) is 0 Å². The van der Waals surface area contributed by atoms with Crippen LogP contribution in [0.25, 0.3) is 0 Å². The molecule has 2 rings (SSSR count). The summed E-state index contributed by atoms with van der Waals surface area (Å²) in [6.45, 7) is 5.75. The Morgan fingerprint density at radius 3 is 2.80 bits per heavy atom. The van der Waals surface area contributed by atoms with E-state index in [0.717, 1.165) is 23.6 Å². The third-order valence-corrected chi connectivity index (χ3v) is 4.31. The van der Waals surface area contributed by atoms with E-state index < -0.39 is 35.7 Å². The van der Waals surface area contributed by atoms with Crippen LogP contribution < -0.4 is 11.0 Å². The molecule has 0 spiro atoms. The van der Waals surface area contributed by atoms with Crippen molar-refractivity contribution >= 4 is 11.9 Å². The van der Waals surface area contributed by atoms with Gasteiger partial charge in [-0.1, -0.05) is 26.7 Å². The number of ether oxygens (including phenoxy) is 2. The summed E-state index contributed by atoms with van der Waals surface area (Å²) in [5.41, 5.74) is -0.840. The summed E-state index contributed by atoms with van der Waals surface area (Å²) < 4.78 is 25.5. The van der Waals surface area contributed by atoms with Gasteiger partial charge in [-0.2, -0.15) is 4.98 Å². The second-order valence-corrected chi connectivity index (χ2v) is 6.18. The van der Waals surface area contributed by atoms with Gasteiger partial charge < -0.3 is 14.6 Å². The van der Waals surface area contributed by atoms with Gasteiger partial charge in [-0.05, 0) is 13.3 Å². The molecule has 1 aliphatic heterocycles. The zero-order chi connectivity index (χ0) is 18.6. The van der Waals surface area contributed by atoms with Crippen LogP contribution in [0, 0.1) is 11.7 Å². The van der Waals surface area contributed by atoms with Crippen LogP contribution in [-0.2, 0) is 9.47 Å². The molecular weight excluding hydrogens is 333 g/mol. The predicted molar refractivity (Wildman–Crippen MR) is 87.7 cm³/mol. The highest BCUT2D eigenvalue weighted by Gasteiger charge is 2.40. The molecule has 2 N–H and O–H groups in total. The lowest BCUT2D eigenvalue weighted by molar-refractivity contribution is -0.0353. The van der Waals surface area contributed by atoms with E-state index in [0.29, 0.717) is 6.42 Å². The lowest BCUT2D eigenvalue weighted by Gasteiger charge is -2.18. The average molecular weight is 357 g/mol. The quantitative estimate of drug-likeness (QED) is 0.755. The summed E-state index contributed by atoms with van der Waals surface area (Å²) in [6.07, 6.45) is 0.313. The molecule has 0 bridgehead atoms. The predicted octanol–water partition coefficient (Wildman–Crippen LogP) is 2.04. The van der Waals surface area contributed by atoms with Gasteiger partial charge >= 0.3 is 11.8 Å². The molecule has 2 heterocycles. The van der Waals surface area contributed by atoms with E-state index in [1.54, 1.807) is 13.8 Å². The molecule has 1 aromatic rings. The Kier molecular flexibility index (Phi) is 6.49. The van der Waals surface area contributed by atoms with Crippen LogP contribution in [0.2, 0.25) is 0 Å². The molecule has 4 atom stereocenters. The van der Waals surface area contributed by atoms with Crippen molar-refractivity contribution in [3.63, 3.8) is 0 Å². The number of hydrogen-bond acceptors (Lipinski definition) is 6. The maximum Gasteiger partial charge on any atom is 0.412 e. The highest BCUT2D eigenvalue weighted by Crippen LogP contribution is 2.32. The Bertz CT molecular complexity index is 666. The fraction of sp³-hybridized carbons (Fsp3) is 0.688. The number of hydrogen-bond donors (Lipinski definition) is 2. The number of anilines is 1. The Morgan fingerprint density at radius 2 is 2.20 bits per heavy atom. The minimum absolute atomic E-state index is 0.205. The number of rotatable bonds is 6. The highest BCUT2D eigenvalue weighted by atomic mass is 19.1. The van der Waals surface area contributed by atoms with Crippen molar-refractivity contribution in [2.45, 2.75) is 58.5 Å². The molecular formula is C16H24FN3O5. The zero-order valence-corrected chi connectivity index (χ0v) is 14.6. The van der Waals surface area contributed by atoms with Crippen molar-refractivity contribution in [3.05, 3.63) is 22.5 Å². The van der Waals surface area contributed by atoms with Gasteiger partial charge in [0.15, 0.2) is 17.9 Å². The topological polar surface area (TPSA) is 103 Å². The first-order valence-electron chi connectivity index (χ1n) is 8.41. The molecule has 8 nitrogen and oxygen atoms in total. The maximum atomic E-state index is 14.2. The largest absolute Gasteiger partial charge is 0.449 e. The van der Waals surface area contributed by atoms with Crippen LogP contribution in [0.1, 0.15) is 46.3 Å². The van der Waals surface area contributed by atoms with Gasteiger partial charge in [0, 0.05) is 5.92 Å². The summed E-state index contributed by atoms with van der Waals surface area (Å²) in [7, 11) is 0. The number of unbranched alkanes of at least 4 members (excludes halogenated alkanes) is 2. The lowest BCUT2D eigenvalue weighted by atomic mass is 10.0. The average Bonchev–Trinajstić information content (AvgIpc) is 2.82. The third kappa shape index (κ3) is 4.55. The normalized spacial score (nSPS) is 25.8. The van der Waals surface area contributed by atoms with Gasteiger partial charge in [-0.15, -0.1) is 0 Å². The molecule has 1 fully saturated rings. The Hall–Kier alpha value is -2.00. The molecule has 0 radical (unpaired) electrons. The van der Waals surface area contributed by atoms with Crippen LogP contribution in [0.15, 0.2) is 11.0 Å². The molecule has 25 heavy (non-hydrogen) atoms. The van der Waals surface area contributed by atoms with E-state index >= 15 is 0 Å². The van der Waals surface area contributed by atoms with Gasteiger partial charge in [0.05, 0.1) is 18.9 Å². The maximum absolute atomic E-state index is 14.2. The summed E-state index contributed by atoms with van der Waals surface area (Å²) >= 11 is 0. The number of amides is 1. The lowest BCUT2D eigenvalue weighted by Crippen LogP contribution is -2.34. The first-order chi connectivity index (χ1) is 11.8. The van der Waals surface area contributed by atoms with Gasteiger partial charge in [-0.25, -0.2) is 14.0 Å². The van der Waals surface area contributed by atoms with E-state index in [-0.39, 0.29) is 18.6 Å². The SMILES string of the molecule is CCCCCOC(=O)Nc1nc(=O)n(C2O[C@H](C)[C@@H](C)[C@H]2O)cc1F. The standard InChI is InChI=1S/C16H24FN3O5/c1-4-5-6-7-24-16(23)19-13-11(17)8-20(15(22)18-13)14-12(21)9(2)10(3)25-14/h8-10,12,14,21H,4-7H2,1-3H3,(H,18,19,22,23)/t9-,10-,12-,14?/m1/s1. The van der Waals surface area contributed by atoms with Crippen molar-refractivity contribution in [1.29, 1.82) is 0 Å². The number of nitrogens with zero attached hydrogens (tertiary/aromatic N) is 2. The molecule has 0 saturated carbocycles. The van der Waals surface area contributed by atoms with Gasteiger partial charge in [0.2, 0.25) is 0 Å². The van der Waals surface area contributed by atoms with Crippen molar-refractivity contribution in [2.24, 2.45) is 5.92 Å². The van der Waals surface area contributed by atoms with E-state index in [9.17, 15) is 19.1 Å². The van der Waals surface area contributed by atoms with E-state index in [1.165, 1.54) is 0 Å². The minimum Gasteiger partial charge on any atom is -0.449 e. The van der Waals surface area contributed by atoms with Crippen LogP contribution in [-0.4, -0.2) is 39.6 Å². The van der Waals surface area contributed by atoms with E-state index in [2.05, 4.69) is 10.3 Å². The van der Waals surface area contributed by atoms with E-state index in [1.807, 2.05) is 6.92 Å². The second-order valence-electron chi connectivity index (χ2n) is 6.18. The number of aliphatic hydroxyl groups excluding tert-OH is 1. The van der Waals surface area contributed by atoms with Crippen LogP contribution >= 0.6 is 0 Å². The van der Waals surface area contributed by atoms with Gasteiger partial charge in [-0.3, -0.25) is 9.88 Å². The molecule has 1 aliphatic rings. The van der Waals surface area contributed by atoms with E-state index in [4.69, 9.17) is 9.47 Å². The van der Waals surface area contributed by atoms with Crippen molar-refractivity contribution in [2.75, 3.05) is 11.9 Å². The minimum atomic E-state index is -1.02. The van der Waals surface area contributed by atoms with Gasteiger partial charge in [0.1, 0.15) is 6.10 Å². The fourth-order valence-electron chi connectivity index (χ4n) is 2.56. The van der Waals surface area contributed by atoms with Crippen LogP contribution in [0.3, 0.4) is 0 Å². The smallest absolute Gasteiger partial charge is 0.412 e. The first kappa shape index (κ1) is 19.3. The number of aliphatic hydroxyl groups is 1. The molecule has 9 heteroatoms. The Morgan fingerprint density at radius 1 is 1.48 bits per heavy atom.